The van der Waals surface area contributed by atoms with Gasteiger partial charge in [-0.2, -0.15) is 0 Å². The maximum Gasteiger partial charge on any atom is 0.240 e. The zero-order valence-electron chi connectivity index (χ0n) is 11.7. The van der Waals surface area contributed by atoms with Crippen molar-refractivity contribution in [3.8, 4) is 0 Å². The number of halogens is 1. The molecular weight excluding hydrogens is 328 g/mol. The summed E-state index contributed by atoms with van der Waals surface area (Å²) in [5.41, 5.74) is 6.31. The predicted octanol–water partition coefficient (Wildman–Crippen LogP) is 2.41. The molecule has 0 radical (unpaired) electrons. The molecule has 0 aliphatic carbocycles. The van der Waals surface area contributed by atoms with Gasteiger partial charge in [0.1, 0.15) is 0 Å². The van der Waals surface area contributed by atoms with E-state index in [2.05, 4.69) is 20.7 Å². The first-order valence-corrected chi connectivity index (χ1v) is 8.34. The Morgan fingerprint density at radius 1 is 1.37 bits per heavy atom. The van der Waals surface area contributed by atoms with Gasteiger partial charge in [-0.25, -0.2) is 13.1 Å². The Balaban J connectivity index is 3.07. The van der Waals surface area contributed by atoms with E-state index in [-0.39, 0.29) is 22.9 Å². The van der Waals surface area contributed by atoms with Crippen LogP contribution in [-0.4, -0.2) is 21.0 Å². The van der Waals surface area contributed by atoms with Crippen LogP contribution in [0, 0.1) is 12.3 Å². The first-order valence-electron chi connectivity index (χ1n) is 6.06. The number of nitrogens with two attached hydrogens (primary N) is 1. The topological polar surface area (TPSA) is 72.2 Å². The summed E-state index contributed by atoms with van der Waals surface area (Å²) < 4.78 is 28.2. The van der Waals surface area contributed by atoms with E-state index in [1.807, 2.05) is 27.7 Å². The van der Waals surface area contributed by atoms with E-state index >= 15 is 0 Å². The van der Waals surface area contributed by atoms with Gasteiger partial charge in [-0.05, 0) is 36.1 Å². The summed E-state index contributed by atoms with van der Waals surface area (Å²) in [6, 6.07) is 4.65. The molecule has 6 heteroatoms. The first kappa shape index (κ1) is 16.6. The van der Waals surface area contributed by atoms with Gasteiger partial charge in [0, 0.05) is 17.1 Å². The fourth-order valence-electron chi connectivity index (χ4n) is 1.62. The number of aryl methyl sites for hydroxylation is 1. The average molecular weight is 349 g/mol. The molecule has 1 atom stereocenters. The van der Waals surface area contributed by atoms with Gasteiger partial charge in [-0.3, -0.25) is 0 Å². The van der Waals surface area contributed by atoms with Gasteiger partial charge in [-0.15, -0.1) is 0 Å². The highest BCUT2D eigenvalue weighted by atomic mass is 79.9. The molecule has 0 aromatic heterocycles. The number of hydrogen-bond acceptors (Lipinski definition) is 3. The van der Waals surface area contributed by atoms with Crippen molar-refractivity contribution < 1.29 is 8.42 Å². The molecule has 4 nitrogen and oxygen atoms in total. The third-order valence-corrected chi connectivity index (χ3v) is 5.38. The van der Waals surface area contributed by atoms with Gasteiger partial charge >= 0.3 is 0 Å². The molecule has 0 saturated carbocycles. The average Bonchev–Trinajstić information content (AvgIpc) is 2.28. The summed E-state index contributed by atoms with van der Waals surface area (Å²) in [4.78, 5) is 0.260. The molecule has 1 aromatic rings. The van der Waals surface area contributed by atoms with E-state index in [9.17, 15) is 8.42 Å². The summed E-state index contributed by atoms with van der Waals surface area (Å²) in [7, 11) is -3.54. The lowest BCUT2D eigenvalue weighted by Crippen LogP contribution is -2.48. The minimum Gasteiger partial charge on any atom is -0.329 e. The van der Waals surface area contributed by atoms with Crippen molar-refractivity contribution >= 4 is 26.0 Å². The first-order chi connectivity index (χ1) is 8.58. The maximum absolute atomic E-state index is 12.3. The van der Waals surface area contributed by atoms with Crippen LogP contribution in [0.4, 0.5) is 0 Å². The van der Waals surface area contributed by atoms with E-state index in [4.69, 9.17) is 5.73 Å². The highest BCUT2D eigenvalue weighted by Gasteiger charge is 2.28. The Morgan fingerprint density at radius 2 is 1.95 bits per heavy atom. The second-order valence-corrected chi connectivity index (χ2v) is 8.25. The van der Waals surface area contributed by atoms with E-state index in [1.54, 1.807) is 18.2 Å². The number of benzene rings is 1. The van der Waals surface area contributed by atoms with Crippen LogP contribution in [0.3, 0.4) is 0 Å². The maximum atomic E-state index is 12.3. The van der Waals surface area contributed by atoms with Crippen molar-refractivity contribution in [1.82, 2.24) is 4.72 Å². The Bertz CT molecular complexity index is 550. The molecule has 19 heavy (non-hydrogen) atoms. The fourth-order valence-corrected chi connectivity index (χ4v) is 3.40. The van der Waals surface area contributed by atoms with Gasteiger partial charge < -0.3 is 5.73 Å². The Kier molecular flexibility index (Phi) is 5.17. The Labute approximate surface area is 124 Å². The molecular formula is C13H21BrN2O2S. The SMILES string of the molecule is Cc1cc(S(=O)(=O)NC(CN)C(C)(C)C)ccc1Br. The van der Waals surface area contributed by atoms with E-state index < -0.39 is 10.0 Å². The molecule has 1 rings (SSSR count). The lowest BCUT2D eigenvalue weighted by molar-refractivity contribution is 0.304. The quantitative estimate of drug-likeness (QED) is 0.877. The molecule has 0 fully saturated rings. The van der Waals surface area contributed by atoms with Crippen LogP contribution < -0.4 is 10.5 Å². The largest absolute Gasteiger partial charge is 0.329 e. The number of sulfonamides is 1. The predicted molar refractivity (Wildman–Crippen MR) is 81.5 cm³/mol. The summed E-state index contributed by atoms with van der Waals surface area (Å²) in [5.74, 6) is 0. The molecule has 1 unspecified atom stereocenters. The summed E-state index contributed by atoms with van der Waals surface area (Å²) in [5, 5.41) is 0. The van der Waals surface area contributed by atoms with Crippen molar-refractivity contribution in [3.05, 3.63) is 28.2 Å². The number of rotatable bonds is 4. The van der Waals surface area contributed by atoms with Crippen molar-refractivity contribution in [3.63, 3.8) is 0 Å². The molecule has 3 N–H and O–H groups in total. The van der Waals surface area contributed by atoms with E-state index in [0.29, 0.717) is 0 Å². The molecule has 108 valence electrons. The smallest absolute Gasteiger partial charge is 0.240 e. The van der Waals surface area contributed by atoms with Gasteiger partial charge in [-0.1, -0.05) is 36.7 Å². The summed E-state index contributed by atoms with van der Waals surface area (Å²) in [6.45, 7) is 7.99. The van der Waals surface area contributed by atoms with Crippen molar-refractivity contribution in [2.75, 3.05) is 6.54 Å². The lowest BCUT2D eigenvalue weighted by atomic mass is 9.88. The van der Waals surface area contributed by atoms with E-state index in [1.165, 1.54) is 0 Å². The standard InChI is InChI=1S/C13H21BrN2O2S/c1-9-7-10(5-6-11(9)14)19(17,18)16-12(8-15)13(2,3)4/h5-7,12,16H,8,15H2,1-4H3. The van der Waals surface area contributed by atoms with Crippen LogP contribution in [-0.2, 0) is 10.0 Å². The van der Waals surface area contributed by atoms with Crippen LogP contribution in [0.1, 0.15) is 26.3 Å². The third-order valence-electron chi connectivity index (χ3n) is 3.02. The summed E-state index contributed by atoms with van der Waals surface area (Å²) in [6.07, 6.45) is 0. The molecule has 0 aliphatic rings. The number of nitrogens with one attached hydrogen (secondary N) is 1. The second kappa shape index (κ2) is 5.91. The molecule has 0 heterocycles. The lowest BCUT2D eigenvalue weighted by Gasteiger charge is -2.30. The number of hydrogen-bond donors (Lipinski definition) is 2. The van der Waals surface area contributed by atoms with Crippen LogP contribution in [0.15, 0.2) is 27.6 Å². The van der Waals surface area contributed by atoms with Crippen molar-refractivity contribution in [1.29, 1.82) is 0 Å². The zero-order chi connectivity index (χ0) is 14.8. The molecule has 0 saturated heterocycles. The van der Waals surface area contributed by atoms with Crippen molar-refractivity contribution in [2.45, 2.75) is 38.6 Å². The van der Waals surface area contributed by atoms with Crippen LogP contribution in [0.2, 0.25) is 0 Å². The highest BCUT2D eigenvalue weighted by molar-refractivity contribution is 9.10. The molecule has 1 aromatic carbocycles. The van der Waals surface area contributed by atoms with Crippen LogP contribution in [0.5, 0.6) is 0 Å². The van der Waals surface area contributed by atoms with Crippen molar-refractivity contribution in [2.24, 2.45) is 11.1 Å². The Hall–Kier alpha value is -0.430. The molecule has 0 amide bonds. The fraction of sp³-hybridized carbons (Fsp3) is 0.538. The third kappa shape index (κ3) is 4.27. The normalized spacial score (nSPS) is 14.4. The zero-order valence-corrected chi connectivity index (χ0v) is 14.1. The molecule has 0 aliphatic heterocycles. The van der Waals surface area contributed by atoms with Crippen LogP contribution in [0.25, 0.3) is 0 Å². The van der Waals surface area contributed by atoms with Crippen LogP contribution >= 0.6 is 15.9 Å². The minimum absolute atomic E-state index is 0.230. The molecule has 0 spiro atoms. The minimum atomic E-state index is -3.54. The van der Waals surface area contributed by atoms with E-state index in [0.717, 1.165) is 10.0 Å². The Morgan fingerprint density at radius 3 is 2.37 bits per heavy atom. The second-order valence-electron chi connectivity index (χ2n) is 5.69. The van der Waals surface area contributed by atoms with Gasteiger partial charge in [0.05, 0.1) is 4.90 Å². The summed E-state index contributed by atoms with van der Waals surface area (Å²) >= 11 is 3.36. The van der Waals surface area contributed by atoms with Gasteiger partial charge in [0.2, 0.25) is 10.0 Å². The van der Waals surface area contributed by atoms with Gasteiger partial charge in [0.25, 0.3) is 0 Å². The van der Waals surface area contributed by atoms with Gasteiger partial charge in [0.15, 0.2) is 0 Å². The molecule has 0 bridgehead atoms. The highest BCUT2D eigenvalue weighted by Crippen LogP contribution is 2.23. The monoisotopic (exact) mass is 348 g/mol.